The molecule has 1 aliphatic rings. The van der Waals surface area contributed by atoms with E-state index in [2.05, 4.69) is 10.6 Å². The van der Waals surface area contributed by atoms with Crippen LogP contribution in [0.5, 0.6) is 0 Å². The van der Waals surface area contributed by atoms with Crippen LogP contribution in [-0.2, 0) is 27.8 Å². The molecule has 1 aliphatic heterocycles. The second kappa shape index (κ2) is 10.5. The van der Waals surface area contributed by atoms with E-state index in [1.807, 2.05) is 25.2 Å². The van der Waals surface area contributed by atoms with Crippen molar-refractivity contribution < 1.29 is 14.3 Å². The summed E-state index contributed by atoms with van der Waals surface area (Å²) in [5, 5.41) is 5.48. The smallest absolute Gasteiger partial charge is 0.329 e. The van der Waals surface area contributed by atoms with Crippen molar-refractivity contribution in [1.82, 2.24) is 19.8 Å². The van der Waals surface area contributed by atoms with Gasteiger partial charge in [-0.2, -0.15) is 0 Å². The molecule has 2 heterocycles. The van der Waals surface area contributed by atoms with E-state index >= 15 is 0 Å². The minimum absolute atomic E-state index is 0.225. The number of imidazole rings is 1. The number of nitrogens with one attached hydrogen (secondary N) is 2. The van der Waals surface area contributed by atoms with Gasteiger partial charge in [0, 0.05) is 26.7 Å². The lowest BCUT2D eigenvalue weighted by atomic mass is 10.0. The maximum atomic E-state index is 12.9. The summed E-state index contributed by atoms with van der Waals surface area (Å²) in [6.07, 6.45) is 5.55. The average Bonchev–Trinajstić information content (AvgIpc) is 2.98. The van der Waals surface area contributed by atoms with Crippen molar-refractivity contribution in [1.29, 1.82) is 0 Å². The summed E-state index contributed by atoms with van der Waals surface area (Å²) >= 11 is 0. The molecule has 3 rings (SSSR count). The molecule has 1 atom stereocenters. The number of benzene rings is 1. The van der Waals surface area contributed by atoms with Gasteiger partial charge in [0.05, 0.1) is 11.0 Å². The zero-order chi connectivity index (χ0) is 21.5. The number of piperidine rings is 1. The predicted octanol–water partition coefficient (Wildman–Crippen LogP) is 1.66. The van der Waals surface area contributed by atoms with Gasteiger partial charge in [0.1, 0.15) is 6.04 Å². The Morgan fingerprint density at radius 1 is 1.13 bits per heavy atom. The molecule has 0 spiro atoms. The van der Waals surface area contributed by atoms with Crippen molar-refractivity contribution in [2.75, 3.05) is 26.8 Å². The van der Waals surface area contributed by atoms with Gasteiger partial charge in [-0.05, 0) is 63.7 Å². The van der Waals surface area contributed by atoms with E-state index in [-0.39, 0.29) is 18.0 Å². The highest BCUT2D eigenvalue weighted by molar-refractivity contribution is 6.00. The minimum Gasteiger partial charge on any atom is -0.381 e. The highest BCUT2D eigenvalue weighted by Gasteiger charge is 2.31. The minimum atomic E-state index is -0.648. The summed E-state index contributed by atoms with van der Waals surface area (Å²) in [7, 11) is 3.70. The third-order valence-electron chi connectivity index (χ3n) is 5.66. The van der Waals surface area contributed by atoms with Crippen LogP contribution in [0.4, 0.5) is 0 Å². The zero-order valence-electron chi connectivity index (χ0n) is 17.9. The molecule has 164 valence electrons. The van der Waals surface area contributed by atoms with Gasteiger partial charge >= 0.3 is 5.69 Å². The SMILES string of the molecule is CNCCCCOCCCCc1cccc2c1n(C)c(=O)n2C1CCC(=O)NC1=O. The Hall–Kier alpha value is -2.45. The second-order valence-electron chi connectivity index (χ2n) is 7.84. The molecule has 1 aromatic carbocycles. The molecule has 1 saturated heterocycles. The van der Waals surface area contributed by atoms with Crippen LogP contribution in [0.1, 0.15) is 50.1 Å². The van der Waals surface area contributed by atoms with Gasteiger partial charge < -0.3 is 10.1 Å². The number of fused-ring (bicyclic) bond motifs is 1. The number of carbonyl (C=O) groups excluding carboxylic acids is 2. The highest BCUT2D eigenvalue weighted by atomic mass is 16.5. The Balaban J connectivity index is 1.65. The van der Waals surface area contributed by atoms with E-state index in [1.54, 1.807) is 11.6 Å². The van der Waals surface area contributed by atoms with Crippen LogP contribution in [0, 0.1) is 0 Å². The number of unbranched alkanes of at least 4 members (excludes halogenated alkanes) is 2. The Kier molecular flexibility index (Phi) is 7.81. The van der Waals surface area contributed by atoms with Crippen LogP contribution in [-0.4, -0.2) is 47.8 Å². The fourth-order valence-electron chi connectivity index (χ4n) is 4.08. The fraction of sp³-hybridized carbons (Fsp3) is 0.591. The molecular weight excluding hydrogens is 384 g/mol. The number of aromatic nitrogens is 2. The first-order chi connectivity index (χ1) is 14.5. The lowest BCUT2D eigenvalue weighted by Crippen LogP contribution is -2.44. The van der Waals surface area contributed by atoms with Gasteiger partial charge in [0.2, 0.25) is 11.8 Å². The molecule has 8 heteroatoms. The Labute approximate surface area is 176 Å². The molecule has 0 saturated carbocycles. The first-order valence-electron chi connectivity index (χ1n) is 10.8. The topological polar surface area (TPSA) is 94.4 Å². The monoisotopic (exact) mass is 416 g/mol. The number of ether oxygens (including phenoxy) is 1. The molecule has 0 aliphatic carbocycles. The third kappa shape index (κ3) is 4.99. The first kappa shape index (κ1) is 22.2. The van der Waals surface area contributed by atoms with Gasteiger partial charge in [0.25, 0.3) is 0 Å². The second-order valence-corrected chi connectivity index (χ2v) is 7.84. The normalized spacial score (nSPS) is 16.9. The van der Waals surface area contributed by atoms with Crippen LogP contribution >= 0.6 is 0 Å². The van der Waals surface area contributed by atoms with E-state index in [4.69, 9.17) is 4.74 Å². The number of para-hydroxylation sites is 1. The zero-order valence-corrected chi connectivity index (χ0v) is 17.9. The van der Waals surface area contributed by atoms with E-state index in [0.717, 1.165) is 68.5 Å². The average molecular weight is 417 g/mol. The Morgan fingerprint density at radius 3 is 2.63 bits per heavy atom. The lowest BCUT2D eigenvalue weighted by Gasteiger charge is -2.21. The van der Waals surface area contributed by atoms with E-state index < -0.39 is 11.9 Å². The van der Waals surface area contributed by atoms with E-state index in [9.17, 15) is 14.4 Å². The van der Waals surface area contributed by atoms with Crippen molar-refractivity contribution in [3.05, 3.63) is 34.2 Å². The number of amides is 2. The molecule has 1 fully saturated rings. The van der Waals surface area contributed by atoms with Crippen LogP contribution < -0.4 is 16.3 Å². The number of carbonyl (C=O) groups is 2. The molecule has 1 unspecified atom stereocenters. The molecule has 2 N–H and O–H groups in total. The van der Waals surface area contributed by atoms with Crippen molar-refractivity contribution in [3.8, 4) is 0 Å². The van der Waals surface area contributed by atoms with Gasteiger partial charge in [-0.25, -0.2) is 4.79 Å². The summed E-state index contributed by atoms with van der Waals surface area (Å²) in [4.78, 5) is 36.7. The van der Waals surface area contributed by atoms with E-state index in [0.29, 0.717) is 6.42 Å². The molecule has 2 aromatic rings. The number of hydrogen-bond acceptors (Lipinski definition) is 5. The fourth-order valence-corrected chi connectivity index (χ4v) is 4.08. The number of aryl methyl sites for hydroxylation is 2. The standard InChI is InChI=1S/C22H32N4O4/c1-23-13-4-6-15-30-14-5-3-8-16-9-7-10-17-20(16)25(2)22(29)26(17)18-11-12-19(27)24-21(18)28/h7,9-10,18,23H,3-6,8,11-15H2,1-2H3,(H,24,27,28). The number of imide groups is 1. The summed E-state index contributed by atoms with van der Waals surface area (Å²) in [5.41, 5.74) is 2.47. The van der Waals surface area contributed by atoms with Crippen molar-refractivity contribution in [2.45, 2.75) is 51.0 Å². The summed E-state index contributed by atoms with van der Waals surface area (Å²) in [6, 6.07) is 5.19. The predicted molar refractivity (Wildman–Crippen MR) is 116 cm³/mol. The van der Waals surface area contributed by atoms with Crippen LogP contribution in [0.2, 0.25) is 0 Å². The number of rotatable bonds is 11. The molecule has 0 bridgehead atoms. The molecule has 0 radical (unpaired) electrons. The number of hydrogen-bond donors (Lipinski definition) is 2. The Morgan fingerprint density at radius 2 is 1.90 bits per heavy atom. The van der Waals surface area contributed by atoms with Gasteiger partial charge in [-0.3, -0.25) is 24.0 Å². The quantitative estimate of drug-likeness (QED) is 0.429. The third-order valence-corrected chi connectivity index (χ3v) is 5.66. The highest BCUT2D eigenvalue weighted by Crippen LogP contribution is 2.25. The Bertz CT molecular complexity index is 946. The summed E-state index contributed by atoms with van der Waals surface area (Å²) in [5.74, 6) is -0.687. The molecule has 1 aromatic heterocycles. The molecule has 8 nitrogen and oxygen atoms in total. The van der Waals surface area contributed by atoms with E-state index in [1.165, 1.54) is 4.57 Å². The molecule has 30 heavy (non-hydrogen) atoms. The van der Waals surface area contributed by atoms with Crippen molar-refractivity contribution in [3.63, 3.8) is 0 Å². The maximum absolute atomic E-state index is 12.9. The van der Waals surface area contributed by atoms with Gasteiger partial charge in [0.15, 0.2) is 0 Å². The maximum Gasteiger partial charge on any atom is 0.329 e. The molecule has 2 amide bonds. The van der Waals surface area contributed by atoms with Gasteiger partial charge in [-0.15, -0.1) is 0 Å². The number of nitrogens with zero attached hydrogens (tertiary/aromatic N) is 2. The van der Waals surface area contributed by atoms with Crippen molar-refractivity contribution >= 4 is 22.8 Å². The molecular formula is C22H32N4O4. The summed E-state index contributed by atoms with van der Waals surface area (Å²) in [6.45, 7) is 2.55. The van der Waals surface area contributed by atoms with Gasteiger partial charge in [-0.1, -0.05) is 12.1 Å². The van der Waals surface area contributed by atoms with Crippen molar-refractivity contribution in [2.24, 2.45) is 7.05 Å². The van der Waals surface area contributed by atoms with Crippen LogP contribution in [0.15, 0.2) is 23.0 Å². The first-order valence-corrected chi connectivity index (χ1v) is 10.8. The lowest BCUT2D eigenvalue weighted by molar-refractivity contribution is -0.135. The van der Waals surface area contributed by atoms with Crippen LogP contribution in [0.3, 0.4) is 0 Å². The largest absolute Gasteiger partial charge is 0.381 e. The summed E-state index contributed by atoms with van der Waals surface area (Å²) < 4.78 is 8.85. The van der Waals surface area contributed by atoms with Crippen LogP contribution in [0.25, 0.3) is 11.0 Å².